The summed E-state index contributed by atoms with van der Waals surface area (Å²) in [6, 6.07) is 9.04. The summed E-state index contributed by atoms with van der Waals surface area (Å²) in [6.07, 6.45) is 1.61. The standard InChI is InChI=1S/C21H33N3O2/c1-18-5-3-4-6-20(18)17-22-9-11-24(12-10-22)21(25)8-7-19(2)23-13-15-26-16-14-23/h3-6,19H,7-17H2,1-2H3/t19-/m1/s1. The molecule has 2 heterocycles. The zero-order chi connectivity index (χ0) is 18.4. The Labute approximate surface area is 157 Å². The summed E-state index contributed by atoms with van der Waals surface area (Å²) in [5.41, 5.74) is 2.75. The van der Waals surface area contributed by atoms with Gasteiger partial charge >= 0.3 is 0 Å². The molecule has 1 aromatic rings. The molecule has 0 N–H and O–H groups in total. The van der Waals surface area contributed by atoms with E-state index < -0.39 is 0 Å². The number of hydrogen-bond donors (Lipinski definition) is 0. The smallest absolute Gasteiger partial charge is 0.222 e. The van der Waals surface area contributed by atoms with Gasteiger partial charge in [0.05, 0.1) is 13.2 Å². The molecule has 0 aromatic heterocycles. The second-order valence-corrected chi connectivity index (χ2v) is 7.62. The zero-order valence-corrected chi connectivity index (χ0v) is 16.3. The molecular formula is C21H33N3O2. The van der Waals surface area contributed by atoms with Crippen molar-refractivity contribution < 1.29 is 9.53 Å². The third kappa shape index (κ3) is 5.29. The second-order valence-electron chi connectivity index (χ2n) is 7.62. The number of carbonyl (C=O) groups is 1. The molecular weight excluding hydrogens is 326 g/mol. The van der Waals surface area contributed by atoms with Crippen LogP contribution < -0.4 is 0 Å². The maximum absolute atomic E-state index is 12.6. The number of hydrogen-bond acceptors (Lipinski definition) is 4. The van der Waals surface area contributed by atoms with Crippen LogP contribution in [0.15, 0.2) is 24.3 Å². The first-order chi connectivity index (χ1) is 12.6. The quantitative estimate of drug-likeness (QED) is 0.780. The van der Waals surface area contributed by atoms with Crippen LogP contribution in [0, 0.1) is 6.92 Å². The van der Waals surface area contributed by atoms with Crippen LogP contribution in [0.2, 0.25) is 0 Å². The number of aryl methyl sites for hydroxylation is 1. The van der Waals surface area contributed by atoms with Gasteiger partial charge in [0.2, 0.25) is 5.91 Å². The second kappa shape index (κ2) is 9.49. The Morgan fingerprint density at radius 1 is 1.08 bits per heavy atom. The van der Waals surface area contributed by atoms with E-state index in [4.69, 9.17) is 4.74 Å². The van der Waals surface area contributed by atoms with Crippen molar-refractivity contribution in [1.82, 2.24) is 14.7 Å². The molecule has 1 aromatic carbocycles. The van der Waals surface area contributed by atoms with E-state index >= 15 is 0 Å². The molecule has 1 amide bonds. The van der Waals surface area contributed by atoms with Gasteiger partial charge in [0.1, 0.15) is 0 Å². The van der Waals surface area contributed by atoms with Crippen LogP contribution in [0.1, 0.15) is 30.9 Å². The van der Waals surface area contributed by atoms with Gasteiger partial charge in [-0.1, -0.05) is 24.3 Å². The maximum Gasteiger partial charge on any atom is 0.222 e. The summed E-state index contributed by atoms with van der Waals surface area (Å²) >= 11 is 0. The van der Waals surface area contributed by atoms with Crippen molar-refractivity contribution in [1.29, 1.82) is 0 Å². The maximum atomic E-state index is 12.6. The minimum absolute atomic E-state index is 0.320. The summed E-state index contributed by atoms with van der Waals surface area (Å²) in [7, 11) is 0. The number of amides is 1. The summed E-state index contributed by atoms with van der Waals surface area (Å²) in [6.45, 7) is 12.7. The van der Waals surface area contributed by atoms with E-state index in [1.165, 1.54) is 11.1 Å². The lowest BCUT2D eigenvalue weighted by molar-refractivity contribution is -0.133. The van der Waals surface area contributed by atoms with Gasteiger partial charge < -0.3 is 9.64 Å². The van der Waals surface area contributed by atoms with Gasteiger partial charge in [-0.05, 0) is 31.4 Å². The lowest BCUT2D eigenvalue weighted by Gasteiger charge is -2.36. The lowest BCUT2D eigenvalue weighted by Crippen LogP contribution is -2.48. The Hall–Kier alpha value is -1.43. The summed E-state index contributed by atoms with van der Waals surface area (Å²) in [4.78, 5) is 19.5. The normalized spacial score (nSPS) is 20.9. The van der Waals surface area contributed by atoms with Crippen LogP contribution in [-0.4, -0.2) is 79.1 Å². The third-order valence-corrected chi connectivity index (χ3v) is 5.83. The number of ether oxygens (including phenoxy) is 1. The van der Waals surface area contributed by atoms with Crippen LogP contribution in [0.5, 0.6) is 0 Å². The van der Waals surface area contributed by atoms with E-state index in [2.05, 4.69) is 52.8 Å². The van der Waals surface area contributed by atoms with Crippen molar-refractivity contribution in [2.75, 3.05) is 52.5 Å². The van der Waals surface area contributed by atoms with E-state index in [1.54, 1.807) is 0 Å². The molecule has 0 unspecified atom stereocenters. The van der Waals surface area contributed by atoms with E-state index in [-0.39, 0.29) is 0 Å². The lowest BCUT2D eigenvalue weighted by atomic mass is 10.1. The number of morpholine rings is 1. The number of rotatable bonds is 6. The molecule has 5 heteroatoms. The molecule has 0 spiro atoms. The minimum atomic E-state index is 0.320. The van der Waals surface area contributed by atoms with Crippen molar-refractivity contribution in [2.24, 2.45) is 0 Å². The van der Waals surface area contributed by atoms with Crippen LogP contribution in [0.25, 0.3) is 0 Å². The number of benzene rings is 1. The van der Waals surface area contributed by atoms with Crippen LogP contribution in [0.3, 0.4) is 0 Å². The molecule has 3 rings (SSSR count). The fourth-order valence-corrected chi connectivity index (χ4v) is 3.88. The molecule has 2 saturated heterocycles. The predicted octanol–water partition coefficient (Wildman–Crippen LogP) is 2.14. The van der Waals surface area contributed by atoms with Crippen molar-refractivity contribution in [3.63, 3.8) is 0 Å². The first-order valence-electron chi connectivity index (χ1n) is 10.00. The summed E-state index contributed by atoms with van der Waals surface area (Å²) in [5.74, 6) is 0.320. The largest absolute Gasteiger partial charge is 0.379 e. The van der Waals surface area contributed by atoms with Crippen molar-refractivity contribution in [3.05, 3.63) is 35.4 Å². The highest BCUT2D eigenvalue weighted by Gasteiger charge is 2.23. The van der Waals surface area contributed by atoms with Gasteiger partial charge in [-0.15, -0.1) is 0 Å². The van der Waals surface area contributed by atoms with E-state index in [0.717, 1.165) is 65.4 Å². The van der Waals surface area contributed by atoms with Gasteiger partial charge in [-0.2, -0.15) is 0 Å². The van der Waals surface area contributed by atoms with Crippen LogP contribution in [0.4, 0.5) is 0 Å². The first kappa shape index (κ1) is 19.3. The van der Waals surface area contributed by atoms with Crippen molar-refractivity contribution in [3.8, 4) is 0 Å². The Kier molecular flexibility index (Phi) is 7.06. The van der Waals surface area contributed by atoms with Gasteiger partial charge in [-0.25, -0.2) is 0 Å². The first-order valence-corrected chi connectivity index (χ1v) is 10.00. The SMILES string of the molecule is Cc1ccccc1CN1CCN(C(=O)CC[C@@H](C)N2CCOCC2)CC1. The van der Waals surface area contributed by atoms with E-state index in [0.29, 0.717) is 18.4 Å². The number of nitrogens with zero attached hydrogens (tertiary/aromatic N) is 3. The molecule has 2 aliphatic rings. The summed E-state index contributed by atoms with van der Waals surface area (Å²) < 4.78 is 5.41. The van der Waals surface area contributed by atoms with Gasteiger partial charge in [0.25, 0.3) is 0 Å². The Morgan fingerprint density at radius 3 is 2.46 bits per heavy atom. The van der Waals surface area contributed by atoms with Gasteiger partial charge in [0, 0.05) is 58.3 Å². The monoisotopic (exact) mass is 359 g/mol. The number of piperazine rings is 1. The van der Waals surface area contributed by atoms with E-state index in [1.807, 2.05) is 0 Å². The molecule has 5 nitrogen and oxygen atoms in total. The summed E-state index contributed by atoms with van der Waals surface area (Å²) in [5, 5.41) is 0. The van der Waals surface area contributed by atoms with E-state index in [9.17, 15) is 4.79 Å². The molecule has 144 valence electrons. The van der Waals surface area contributed by atoms with Crippen LogP contribution in [-0.2, 0) is 16.1 Å². The highest BCUT2D eigenvalue weighted by molar-refractivity contribution is 5.76. The molecule has 0 radical (unpaired) electrons. The molecule has 26 heavy (non-hydrogen) atoms. The van der Waals surface area contributed by atoms with Crippen molar-refractivity contribution in [2.45, 2.75) is 39.3 Å². The van der Waals surface area contributed by atoms with Crippen molar-refractivity contribution >= 4 is 5.91 Å². The fourth-order valence-electron chi connectivity index (χ4n) is 3.88. The molecule has 0 bridgehead atoms. The topological polar surface area (TPSA) is 36.0 Å². The van der Waals surface area contributed by atoms with Gasteiger partial charge in [-0.3, -0.25) is 14.6 Å². The Morgan fingerprint density at radius 2 is 1.77 bits per heavy atom. The average molecular weight is 360 g/mol. The molecule has 0 aliphatic carbocycles. The highest BCUT2D eigenvalue weighted by atomic mass is 16.5. The third-order valence-electron chi connectivity index (χ3n) is 5.83. The van der Waals surface area contributed by atoms with Crippen LogP contribution >= 0.6 is 0 Å². The minimum Gasteiger partial charge on any atom is -0.379 e. The highest BCUT2D eigenvalue weighted by Crippen LogP contribution is 2.14. The molecule has 2 fully saturated rings. The number of carbonyl (C=O) groups excluding carboxylic acids is 1. The molecule has 0 saturated carbocycles. The van der Waals surface area contributed by atoms with Gasteiger partial charge in [0.15, 0.2) is 0 Å². The predicted molar refractivity (Wildman–Crippen MR) is 104 cm³/mol. The fraction of sp³-hybridized carbons (Fsp3) is 0.667. The molecule has 1 atom stereocenters. The Balaban J connectivity index is 1.38. The average Bonchev–Trinajstić information content (AvgIpc) is 2.69. The Bertz CT molecular complexity index is 578. The molecule has 2 aliphatic heterocycles. The zero-order valence-electron chi connectivity index (χ0n) is 16.3.